The molecule has 0 fully saturated rings. The molecular formula is C17H20O. The summed E-state index contributed by atoms with van der Waals surface area (Å²) in [5, 5.41) is 10.0. The van der Waals surface area contributed by atoms with E-state index in [0.29, 0.717) is 5.75 Å². The second-order valence-corrected chi connectivity index (χ2v) is 5.34. The Kier molecular flexibility index (Phi) is 3.42. The second kappa shape index (κ2) is 4.85. The number of hydrogen-bond acceptors (Lipinski definition) is 1. The first kappa shape index (κ1) is 12.7. The Morgan fingerprint density at radius 1 is 0.944 bits per heavy atom. The Morgan fingerprint density at radius 3 is 2.22 bits per heavy atom. The summed E-state index contributed by atoms with van der Waals surface area (Å²) in [4.78, 5) is 0. The normalized spacial score (nSPS) is 11.5. The van der Waals surface area contributed by atoms with E-state index in [1.165, 1.54) is 5.56 Å². The minimum Gasteiger partial charge on any atom is -0.508 e. The summed E-state index contributed by atoms with van der Waals surface area (Å²) in [6.45, 7) is 6.47. The third-order valence-electron chi connectivity index (χ3n) is 3.72. The highest BCUT2D eigenvalue weighted by Gasteiger charge is 2.22. The molecule has 2 aromatic rings. The predicted molar refractivity (Wildman–Crippen MR) is 76.9 cm³/mol. The van der Waals surface area contributed by atoms with Crippen molar-refractivity contribution >= 4 is 0 Å². The van der Waals surface area contributed by atoms with Gasteiger partial charge >= 0.3 is 0 Å². The van der Waals surface area contributed by atoms with Crippen LogP contribution in [0.15, 0.2) is 48.5 Å². The maximum Gasteiger partial charge on any atom is 0.119 e. The number of phenolic OH excluding ortho intramolecular Hbond substituents is 1. The molecular weight excluding hydrogens is 220 g/mol. The number of hydrogen-bond donors (Lipinski definition) is 1. The van der Waals surface area contributed by atoms with E-state index in [2.05, 4.69) is 39.0 Å². The quantitative estimate of drug-likeness (QED) is 0.821. The van der Waals surface area contributed by atoms with Gasteiger partial charge in [0.2, 0.25) is 0 Å². The topological polar surface area (TPSA) is 20.2 Å². The molecule has 0 spiro atoms. The summed E-state index contributed by atoms with van der Waals surface area (Å²) in [5.41, 5.74) is 3.36. The molecule has 0 amide bonds. The van der Waals surface area contributed by atoms with Crippen molar-refractivity contribution in [2.24, 2.45) is 0 Å². The fourth-order valence-corrected chi connectivity index (χ4v) is 2.08. The van der Waals surface area contributed by atoms with E-state index in [9.17, 15) is 5.11 Å². The molecule has 94 valence electrons. The number of aromatic hydroxyl groups is 1. The molecule has 0 saturated heterocycles. The Bertz CT molecular complexity index is 527. The smallest absolute Gasteiger partial charge is 0.119 e. The van der Waals surface area contributed by atoms with E-state index < -0.39 is 0 Å². The lowest BCUT2D eigenvalue weighted by Gasteiger charge is -2.25. The van der Waals surface area contributed by atoms with Gasteiger partial charge < -0.3 is 5.11 Å². The zero-order valence-electron chi connectivity index (χ0n) is 11.3. The lowest BCUT2D eigenvalue weighted by Crippen LogP contribution is -2.15. The molecule has 1 heteroatoms. The van der Waals surface area contributed by atoms with Crippen LogP contribution in [0.4, 0.5) is 0 Å². The maximum atomic E-state index is 10.0. The summed E-state index contributed by atoms with van der Waals surface area (Å²) >= 11 is 0. The third kappa shape index (κ3) is 2.40. The highest BCUT2D eigenvalue weighted by atomic mass is 16.3. The van der Waals surface area contributed by atoms with E-state index in [0.717, 1.165) is 17.5 Å². The van der Waals surface area contributed by atoms with Crippen LogP contribution in [-0.2, 0) is 5.41 Å². The van der Waals surface area contributed by atoms with E-state index in [1.807, 2.05) is 24.3 Å². The SMILES string of the molecule is CCC(C)(C)c1cc(-c2ccccc2)ccc1O. The molecule has 2 aromatic carbocycles. The summed E-state index contributed by atoms with van der Waals surface area (Å²) in [5.74, 6) is 0.390. The van der Waals surface area contributed by atoms with Crippen LogP contribution in [0.3, 0.4) is 0 Å². The molecule has 0 unspecified atom stereocenters. The first-order chi connectivity index (χ1) is 8.54. The van der Waals surface area contributed by atoms with E-state index in [1.54, 1.807) is 6.07 Å². The molecule has 0 aromatic heterocycles. The standard InChI is InChI=1S/C17H20O/c1-4-17(2,3)15-12-14(10-11-16(15)18)13-8-6-5-7-9-13/h5-12,18H,4H2,1-3H3. The monoisotopic (exact) mass is 240 g/mol. The van der Waals surface area contributed by atoms with Gasteiger partial charge in [-0.3, -0.25) is 0 Å². The van der Waals surface area contributed by atoms with Crippen LogP contribution in [0.2, 0.25) is 0 Å². The third-order valence-corrected chi connectivity index (χ3v) is 3.72. The van der Waals surface area contributed by atoms with Gasteiger partial charge in [-0.05, 0) is 35.1 Å². The van der Waals surface area contributed by atoms with Gasteiger partial charge in [-0.25, -0.2) is 0 Å². The number of phenols is 1. The molecule has 18 heavy (non-hydrogen) atoms. The van der Waals surface area contributed by atoms with E-state index >= 15 is 0 Å². The predicted octanol–water partition coefficient (Wildman–Crippen LogP) is 4.75. The van der Waals surface area contributed by atoms with Gasteiger partial charge in [0.25, 0.3) is 0 Å². The molecule has 2 rings (SSSR count). The summed E-state index contributed by atoms with van der Waals surface area (Å²) in [7, 11) is 0. The summed E-state index contributed by atoms with van der Waals surface area (Å²) in [6.07, 6.45) is 0.999. The zero-order valence-corrected chi connectivity index (χ0v) is 11.3. The van der Waals surface area contributed by atoms with Crippen LogP contribution in [0.25, 0.3) is 11.1 Å². The molecule has 0 saturated carbocycles. The van der Waals surface area contributed by atoms with Gasteiger partial charge in [0, 0.05) is 5.56 Å². The molecule has 1 nitrogen and oxygen atoms in total. The lowest BCUT2D eigenvalue weighted by atomic mass is 9.80. The van der Waals surface area contributed by atoms with Gasteiger partial charge in [0.05, 0.1) is 0 Å². The molecule has 0 radical (unpaired) electrons. The minimum absolute atomic E-state index is 0.00509. The van der Waals surface area contributed by atoms with Gasteiger partial charge in [0.15, 0.2) is 0 Å². The molecule has 1 N–H and O–H groups in total. The first-order valence-electron chi connectivity index (χ1n) is 6.43. The molecule has 0 heterocycles. The summed E-state index contributed by atoms with van der Waals surface area (Å²) < 4.78 is 0. The summed E-state index contributed by atoms with van der Waals surface area (Å²) in [6, 6.07) is 16.1. The average molecular weight is 240 g/mol. The number of benzene rings is 2. The average Bonchev–Trinajstić information content (AvgIpc) is 2.40. The molecule has 0 aliphatic heterocycles. The van der Waals surface area contributed by atoms with Crippen molar-refractivity contribution in [3.05, 3.63) is 54.1 Å². The van der Waals surface area contributed by atoms with Crippen molar-refractivity contribution in [3.8, 4) is 16.9 Å². The highest BCUT2D eigenvalue weighted by molar-refractivity contribution is 5.66. The minimum atomic E-state index is -0.00509. The zero-order chi connectivity index (χ0) is 13.2. The fourth-order valence-electron chi connectivity index (χ4n) is 2.08. The van der Waals surface area contributed by atoms with Gasteiger partial charge in [0.1, 0.15) is 5.75 Å². The van der Waals surface area contributed by atoms with Gasteiger partial charge in [-0.1, -0.05) is 57.2 Å². The van der Waals surface area contributed by atoms with Crippen molar-refractivity contribution < 1.29 is 5.11 Å². The van der Waals surface area contributed by atoms with Crippen LogP contribution in [0.5, 0.6) is 5.75 Å². The Morgan fingerprint density at radius 2 is 1.61 bits per heavy atom. The molecule has 0 aliphatic rings. The van der Waals surface area contributed by atoms with Gasteiger partial charge in [-0.15, -0.1) is 0 Å². The molecule has 0 aliphatic carbocycles. The second-order valence-electron chi connectivity index (χ2n) is 5.34. The first-order valence-corrected chi connectivity index (χ1v) is 6.43. The molecule has 0 bridgehead atoms. The van der Waals surface area contributed by atoms with Crippen LogP contribution < -0.4 is 0 Å². The molecule has 0 atom stereocenters. The largest absolute Gasteiger partial charge is 0.508 e. The maximum absolute atomic E-state index is 10.0. The van der Waals surface area contributed by atoms with Gasteiger partial charge in [-0.2, -0.15) is 0 Å². The Labute approximate surface area is 109 Å². The van der Waals surface area contributed by atoms with E-state index in [4.69, 9.17) is 0 Å². The fraction of sp³-hybridized carbons (Fsp3) is 0.294. The van der Waals surface area contributed by atoms with E-state index in [-0.39, 0.29) is 5.41 Å². The van der Waals surface area contributed by atoms with Crippen LogP contribution in [-0.4, -0.2) is 5.11 Å². The van der Waals surface area contributed by atoms with Crippen molar-refractivity contribution in [2.75, 3.05) is 0 Å². The van der Waals surface area contributed by atoms with Crippen LogP contribution in [0, 0.1) is 0 Å². The number of rotatable bonds is 3. The lowest BCUT2D eigenvalue weighted by molar-refractivity contribution is 0.429. The Hall–Kier alpha value is -1.76. The van der Waals surface area contributed by atoms with Crippen molar-refractivity contribution in [2.45, 2.75) is 32.6 Å². The van der Waals surface area contributed by atoms with Crippen LogP contribution >= 0.6 is 0 Å². The highest BCUT2D eigenvalue weighted by Crippen LogP contribution is 2.36. The Balaban J connectivity index is 2.51. The van der Waals surface area contributed by atoms with Crippen molar-refractivity contribution in [1.29, 1.82) is 0 Å². The van der Waals surface area contributed by atoms with Crippen LogP contribution in [0.1, 0.15) is 32.8 Å². The van der Waals surface area contributed by atoms with Crippen molar-refractivity contribution in [1.82, 2.24) is 0 Å². The van der Waals surface area contributed by atoms with Crippen molar-refractivity contribution in [3.63, 3.8) is 0 Å².